The van der Waals surface area contributed by atoms with Gasteiger partial charge in [-0.3, -0.25) is 25.8 Å². The summed E-state index contributed by atoms with van der Waals surface area (Å²) >= 11 is 10.8. The minimum atomic E-state index is -1.46. The third-order valence-electron chi connectivity index (χ3n) is 3.98. The SMILES string of the molecule is NNC(=S)N/N=C(/c1nc2ccc(Cl)cc2[nH]c1=O)C(O)c1ccc([N+](=O)[O-])cc1. The van der Waals surface area contributed by atoms with Crippen LogP contribution in [0.15, 0.2) is 52.4 Å². The summed E-state index contributed by atoms with van der Waals surface area (Å²) in [5.41, 5.74) is 4.42. The van der Waals surface area contributed by atoms with Crippen LogP contribution in [-0.4, -0.2) is 30.8 Å². The Morgan fingerprint density at radius 2 is 2.03 bits per heavy atom. The van der Waals surface area contributed by atoms with Gasteiger partial charge >= 0.3 is 0 Å². The highest BCUT2D eigenvalue weighted by Gasteiger charge is 2.23. The summed E-state index contributed by atoms with van der Waals surface area (Å²) in [6.07, 6.45) is -1.46. The largest absolute Gasteiger partial charge is 0.382 e. The molecule has 0 aliphatic rings. The zero-order valence-corrected chi connectivity index (χ0v) is 16.6. The summed E-state index contributed by atoms with van der Waals surface area (Å²) in [5.74, 6) is 5.20. The van der Waals surface area contributed by atoms with E-state index in [2.05, 4.69) is 25.9 Å². The van der Waals surface area contributed by atoms with Gasteiger partial charge in [-0.25, -0.2) is 10.8 Å². The van der Waals surface area contributed by atoms with E-state index >= 15 is 0 Å². The maximum Gasteiger partial charge on any atom is 0.276 e. The summed E-state index contributed by atoms with van der Waals surface area (Å²) in [4.78, 5) is 29.8. The minimum Gasteiger partial charge on any atom is -0.382 e. The number of nitrogens with zero attached hydrogens (tertiary/aromatic N) is 3. The second kappa shape index (κ2) is 8.92. The van der Waals surface area contributed by atoms with E-state index < -0.39 is 16.6 Å². The Kier molecular flexibility index (Phi) is 6.32. The number of aliphatic hydroxyl groups is 1. The number of nitro groups is 1. The van der Waals surface area contributed by atoms with Gasteiger partial charge in [0.2, 0.25) is 5.11 Å². The molecule has 11 nitrogen and oxygen atoms in total. The van der Waals surface area contributed by atoms with Crippen molar-refractivity contribution < 1.29 is 10.0 Å². The molecule has 13 heteroatoms. The molecule has 0 aliphatic heterocycles. The molecule has 1 unspecified atom stereocenters. The van der Waals surface area contributed by atoms with Gasteiger partial charge < -0.3 is 10.1 Å². The fraction of sp³-hybridized carbons (Fsp3) is 0.0588. The first-order valence-corrected chi connectivity index (χ1v) is 9.05. The van der Waals surface area contributed by atoms with Crippen molar-refractivity contribution in [3.8, 4) is 0 Å². The lowest BCUT2D eigenvalue weighted by Crippen LogP contribution is -2.38. The standard InChI is InChI=1S/C17H14ClN7O4S/c18-9-3-6-11-12(7-9)21-16(27)14(20-11)13(23-24-17(30)22-19)15(26)8-1-4-10(5-2-8)25(28)29/h1-7,15,26H,19H2,(H,21,27)(H2,22,24,30)/b23-13-. The van der Waals surface area contributed by atoms with Crippen molar-refractivity contribution in [3.63, 3.8) is 0 Å². The van der Waals surface area contributed by atoms with Crippen molar-refractivity contribution in [3.05, 3.63) is 79.2 Å². The van der Waals surface area contributed by atoms with Gasteiger partial charge in [-0.05, 0) is 48.1 Å². The van der Waals surface area contributed by atoms with E-state index in [0.29, 0.717) is 16.1 Å². The fourth-order valence-corrected chi connectivity index (χ4v) is 2.77. The van der Waals surface area contributed by atoms with Gasteiger partial charge in [0, 0.05) is 17.2 Å². The molecule has 1 aromatic heterocycles. The number of aromatic nitrogens is 2. The Morgan fingerprint density at radius 1 is 1.33 bits per heavy atom. The monoisotopic (exact) mass is 447 g/mol. The number of aromatic amines is 1. The molecule has 0 bridgehead atoms. The average Bonchev–Trinajstić information content (AvgIpc) is 2.73. The number of hydrazine groups is 1. The average molecular weight is 448 g/mol. The number of hydrogen-bond donors (Lipinski definition) is 5. The predicted octanol–water partition coefficient (Wildman–Crippen LogP) is 1.26. The zero-order valence-electron chi connectivity index (χ0n) is 15.0. The summed E-state index contributed by atoms with van der Waals surface area (Å²) in [6, 6.07) is 9.83. The van der Waals surface area contributed by atoms with Crippen LogP contribution < -0.4 is 22.3 Å². The summed E-state index contributed by atoms with van der Waals surface area (Å²) in [7, 11) is 0. The van der Waals surface area contributed by atoms with E-state index in [9.17, 15) is 20.0 Å². The lowest BCUT2D eigenvalue weighted by atomic mass is 10.0. The smallest absolute Gasteiger partial charge is 0.276 e. The van der Waals surface area contributed by atoms with Crippen molar-refractivity contribution in [2.45, 2.75) is 6.10 Å². The van der Waals surface area contributed by atoms with Gasteiger partial charge in [-0.15, -0.1) is 0 Å². The van der Waals surface area contributed by atoms with Crippen LogP contribution >= 0.6 is 23.8 Å². The number of rotatable bonds is 5. The predicted molar refractivity (Wildman–Crippen MR) is 115 cm³/mol. The molecule has 0 saturated carbocycles. The molecule has 154 valence electrons. The third kappa shape index (κ3) is 4.58. The zero-order chi connectivity index (χ0) is 21.8. The molecule has 0 aliphatic carbocycles. The van der Waals surface area contributed by atoms with Crippen molar-refractivity contribution in [1.82, 2.24) is 20.8 Å². The van der Waals surface area contributed by atoms with Crippen LogP contribution in [0, 0.1) is 10.1 Å². The first kappa shape index (κ1) is 21.3. The quantitative estimate of drug-likeness (QED) is 0.127. The van der Waals surface area contributed by atoms with Gasteiger partial charge in [0.15, 0.2) is 5.69 Å². The topological polar surface area (TPSA) is 172 Å². The first-order valence-electron chi connectivity index (χ1n) is 8.26. The second-order valence-corrected chi connectivity index (χ2v) is 6.75. The minimum absolute atomic E-state index is 0.0765. The lowest BCUT2D eigenvalue weighted by Gasteiger charge is -2.14. The number of hydrogen-bond acceptors (Lipinski definition) is 8. The Morgan fingerprint density at radius 3 is 2.67 bits per heavy atom. The first-order chi connectivity index (χ1) is 14.3. The Balaban J connectivity index is 2.11. The highest BCUT2D eigenvalue weighted by molar-refractivity contribution is 7.80. The number of fused-ring (bicyclic) bond motifs is 1. The molecule has 0 amide bonds. The van der Waals surface area contributed by atoms with Crippen LogP contribution in [0.3, 0.4) is 0 Å². The van der Waals surface area contributed by atoms with Crippen molar-refractivity contribution in [2.75, 3.05) is 0 Å². The number of benzene rings is 2. The Hall–Kier alpha value is -3.45. The number of nitrogens with one attached hydrogen (secondary N) is 3. The summed E-state index contributed by atoms with van der Waals surface area (Å²) < 4.78 is 0. The molecule has 0 spiro atoms. The van der Waals surface area contributed by atoms with Gasteiger partial charge in [-0.1, -0.05) is 11.6 Å². The van der Waals surface area contributed by atoms with Crippen LogP contribution in [0.4, 0.5) is 5.69 Å². The van der Waals surface area contributed by atoms with Crippen molar-refractivity contribution >= 4 is 51.4 Å². The van der Waals surface area contributed by atoms with Crippen LogP contribution in [-0.2, 0) is 0 Å². The summed E-state index contributed by atoms with van der Waals surface area (Å²) in [5, 5.41) is 26.0. The maximum atomic E-state index is 12.6. The number of hydrazone groups is 1. The normalized spacial score (nSPS) is 12.4. The highest BCUT2D eigenvalue weighted by atomic mass is 35.5. The molecule has 1 atom stereocenters. The fourth-order valence-electron chi connectivity index (χ4n) is 2.56. The number of nitrogens with two attached hydrogens (primary N) is 1. The van der Waals surface area contributed by atoms with E-state index in [-0.39, 0.29) is 27.8 Å². The molecule has 0 fully saturated rings. The van der Waals surface area contributed by atoms with Crippen molar-refractivity contribution in [2.24, 2.45) is 10.9 Å². The molecule has 6 N–H and O–H groups in total. The number of halogens is 1. The Labute approximate surface area is 178 Å². The van der Waals surface area contributed by atoms with Crippen LogP contribution in [0.1, 0.15) is 17.4 Å². The summed E-state index contributed by atoms with van der Waals surface area (Å²) in [6.45, 7) is 0. The lowest BCUT2D eigenvalue weighted by molar-refractivity contribution is -0.384. The number of thiocarbonyl (C=S) groups is 1. The maximum absolute atomic E-state index is 12.6. The number of aliphatic hydroxyl groups excluding tert-OH is 1. The number of non-ortho nitro benzene ring substituents is 1. The third-order valence-corrected chi connectivity index (χ3v) is 4.43. The molecular formula is C17H14ClN7O4S. The molecule has 1 heterocycles. The molecule has 30 heavy (non-hydrogen) atoms. The van der Waals surface area contributed by atoms with Crippen LogP contribution in [0.5, 0.6) is 0 Å². The van der Waals surface area contributed by atoms with Crippen LogP contribution in [0.25, 0.3) is 11.0 Å². The van der Waals surface area contributed by atoms with Crippen LogP contribution in [0.2, 0.25) is 5.02 Å². The van der Waals surface area contributed by atoms with Gasteiger partial charge in [0.25, 0.3) is 11.2 Å². The van der Waals surface area contributed by atoms with E-state index in [0.717, 1.165) is 0 Å². The van der Waals surface area contributed by atoms with Crippen molar-refractivity contribution in [1.29, 1.82) is 0 Å². The molecular weight excluding hydrogens is 434 g/mol. The van der Waals surface area contributed by atoms with Gasteiger partial charge in [0.1, 0.15) is 11.8 Å². The molecule has 3 aromatic rings. The highest BCUT2D eigenvalue weighted by Crippen LogP contribution is 2.22. The molecule has 2 aromatic carbocycles. The Bertz CT molecular complexity index is 1210. The van der Waals surface area contributed by atoms with Gasteiger partial charge in [-0.2, -0.15) is 5.10 Å². The van der Waals surface area contributed by atoms with Gasteiger partial charge in [0.05, 0.1) is 16.0 Å². The molecule has 0 saturated heterocycles. The molecule has 0 radical (unpaired) electrons. The van der Waals surface area contributed by atoms with E-state index in [1.54, 1.807) is 12.1 Å². The van der Waals surface area contributed by atoms with E-state index in [1.165, 1.54) is 30.3 Å². The van der Waals surface area contributed by atoms with E-state index in [4.69, 9.17) is 29.7 Å². The number of H-pyrrole nitrogens is 1. The second-order valence-electron chi connectivity index (χ2n) is 5.91. The molecule has 3 rings (SSSR count). The van der Waals surface area contributed by atoms with E-state index in [1.807, 2.05) is 0 Å². The number of nitro benzene ring substituents is 1.